The van der Waals surface area contributed by atoms with Gasteiger partial charge in [-0.1, -0.05) is 35.5 Å². The zero-order valence-corrected chi connectivity index (χ0v) is 16.5. The van der Waals surface area contributed by atoms with Crippen LogP contribution in [-0.4, -0.2) is 19.7 Å². The molecule has 0 radical (unpaired) electrons. The number of pyridine rings is 1. The standard InChI is InChI=1S/C21H16ClFN4S/c1-14(15-2-6-18(23)7-3-15)28-21-26-25-20(16-10-12-24-13-11-16)27(21)19-8-4-17(22)5-9-19/h2-14H,1H3/t14-/m0/s1. The molecule has 1 atom stereocenters. The lowest BCUT2D eigenvalue weighted by molar-refractivity contribution is 0.627. The fourth-order valence-corrected chi connectivity index (χ4v) is 3.94. The minimum absolute atomic E-state index is 0.0705. The Morgan fingerprint density at radius 1 is 0.929 bits per heavy atom. The van der Waals surface area contributed by atoms with Crippen molar-refractivity contribution in [3.05, 3.63) is 89.5 Å². The highest BCUT2D eigenvalue weighted by Gasteiger charge is 2.19. The van der Waals surface area contributed by atoms with Crippen LogP contribution < -0.4 is 0 Å². The van der Waals surface area contributed by atoms with Crippen LogP contribution in [0.15, 0.2) is 78.2 Å². The molecule has 0 aliphatic heterocycles. The molecule has 140 valence electrons. The first-order valence-corrected chi connectivity index (χ1v) is 9.91. The number of halogens is 2. The van der Waals surface area contributed by atoms with Crippen LogP contribution in [0, 0.1) is 5.82 Å². The van der Waals surface area contributed by atoms with Crippen LogP contribution in [-0.2, 0) is 0 Å². The summed E-state index contributed by atoms with van der Waals surface area (Å²) in [5.74, 6) is 0.476. The summed E-state index contributed by atoms with van der Waals surface area (Å²) in [6.45, 7) is 2.06. The Morgan fingerprint density at radius 2 is 1.61 bits per heavy atom. The summed E-state index contributed by atoms with van der Waals surface area (Å²) in [5.41, 5.74) is 2.84. The first-order valence-electron chi connectivity index (χ1n) is 8.65. The lowest BCUT2D eigenvalue weighted by atomic mass is 10.2. The normalized spacial score (nSPS) is 12.1. The molecule has 0 spiro atoms. The molecule has 0 unspecified atom stereocenters. The zero-order chi connectivity index (χ0) is 19.5. The van der Waals surface area contributed by atoms with Crippen LogP contribution in [0.25, 0.3) is 17.1 Å². The maximum Gasteiger partial charge on any atom is 0.196 e. The van der Waals surface area contributed by atoms with E-state index in [0.29, 0.717) is 5.02 Å². The Morgan fingerprint density at radius 3 is 2.29 bits per heavy atom. The molecule has 7 heteroatoms. The third-order valence-corrected chi connectivity index (χ3v) is 5.63. The van der Waals surface area contributed by atoms with Gasteiger partial charge >= 0.3 is 0 Å². The van der Waals surface area contributed by atoms with Crippen molar-refractivity contribution in [3.63, 3.8) is 0 Å². The quantitative estimate of drug-likeness (QED) is 0.380. The largest absolute Gasteiger partial charge is 0.270 e. The SMILES string of the molecule is C[C@H](Sc1nnc(-c2ccncc2)n1-c1ccc(Cl)cc1)c1ccc(F)cc1. The molecule has 28 heavy (non-hydrogen) atoms. The summed E-state index contributed by atoms with van der Waals surface area (Å²) >= 11 is 7.62. The van der Waals surface area contributed by atoms with E-state index < -0.39 is 0 Å². The van der Waals surface area contributed by atoms with Crippen LogP contribution in [0.5, 0.6) is 0 Å². The van der Waals surface area contributed by atoms with E-state index in [1.807, 2.05) is 41.0 Å². The summed E-state index contributed by atoms with van der Waals surface area (Å²) < 4.78 is 15.2. The first-order chi connectivity index (χ1) is 13.6. The summed E-state index contributed by atoms with van der Waals surface area (Å²) in [6, 6.07) is 17.9. The molecule has 4 aromatic rings. The third kappa shape index (κ3) is 3.93. The van der Waals surface area contributed by atoms with Gasteiger partial charge in [-0.2, -0.15) is 0 Å². The second-order valence-electron chi connectivity index (χ2n) is 6.17. The Hall–Kier alpha value is -2.70. The van der Waals surface area contributed by atoms with E-state index >= 15 is 0 Å². The average Bonchev–Trinajstić information content (AvgIpc) is 3.13. The zero-order valence-electron chi connectivity index (χ0n) is 15.0. The molecule has 2 aromatic carbocycles. The second kappa shape index (κ2) is 8.12. The summed E-state index contributed by atoms with van der Waals surface area (Å²) in [6.07, 6.45) is 3.45. The monoisotopic (exact) mass is 410 g/mol. The molecule has 0 bridgehead atoms. The molecule has 4 nitrogen and oxygen atoms in total. The van der Waals surface area contributed by atoms with Crippen LogP contribution >= 0.6 is 23.4 Å². The third-order valence-electron chi connectivity index (χ3n) is 4.28. The molecule has 0 saturated heterocycles. The van der Waals surface area contributed by atoms with E-state index in [9.17, 15) is 4.39 Å². The summed E-state index contributed by atoms with van der Waals surface area (Å²) in [5, 5.41) is 10.3. The molecule has 0 N–H and O–H groups in total. The number of benzene rings is 2. The lowest BCUT2D eigenvalue weighted by Crippen LogP contribution is -2.01. The Labute approximate surface area is 171 Å². The molecule has 0 aliphatic carbocycles. The Kier molecular flexibility index (Phi) is 5.41. The van der Waals surface area contributed by atoms with Gasteiger partial charge in [-0.3, -0.25) is 9.55 Å². The number of hydrogen-bond acceptors (Lipinski definition) is 4. The lowest BCUT2D eigenvalue weighted by Gasteiger charge is -2.14. The molecular formula is C21H16ClFN4S. The van der Waals surface area contributed by atoms with Gasteiger partial charge in [-0.15, -0.1) is 10.2 Å². The molecule has 4 rings (SSSR count). The maximum absolute atomic E-state index is 13.2. The van der Waals surface area contributed by atoms with Crippen LogP contribution in [0.3, 0.4) is 0 Å². The van der Waals surface area contributed by atoms with Crippen LogP contribution in [0.4, 0.5) is 4.39 Å². The van der Waals surface area contributed by atoms with Crippen molar-refractivity contribution in [2.24, 2.45) is 0 Å². The molecule has 0 saturated carbocycles. The van der Waals surface area contributed by atoms with Gasteiger partial charge < -0.3 is 0 Å². The van der Waals surface area contributed by atoms with Gasteiger partial charge in [0.15, 0.2) is 11.0 Å². The van der Waals surface area contributed by atoms with Crippen molar-refractivity contribution in [1.82, 2.24) is 19.7 Å². The van der Waals surface area contributed by atoms with Crippen molar-refractivity contribution in [1.29, 1.82) is 0 Å². The smallest absolute Gasteiger partial charge is 0.196 e. The minimum Gasteiger partial charge on any atom is -0.270 e. The van der Waals surface area contributed by atoms with E-state index in [-0.39, 0.29) is 11.1 Å². The van der Waals surface area contributed by atoms with E-state index in [4.69, 9.17) is 11.6 Å². The number of nitrogens with zero attached hydrogens (tertiary/aromatic N) is 4. The van der Waals surface area contributed by atoms with Gasteiger partial charge in [0, 0.05) is 33.9 Å². The first kappa shape index (κ1) is 18.7. The molecule has 0 aliphatic rings. The van der Waals surface area contributed by atoms with Gasteiger partial charge in [0.1, 0.15) is 5.82 Å². The highest BCUT2D eigenvalue weighted by Crippen LogP contribution is 2.37. The topological polar surface area (TPSA) is 43.6 Å². The van der Waals surface area contributed by atoms with E-state index in [1.54, 1.807) is 36.3 Å². The van der Waals surface area contributed by atoms with Crippen molar-refractivity contribution in [3.8, 4) is 17.1 Å². The number of hydrogen-bond donors (Lipinski definition) is 0. The number of rotatable bonds is 5. The highest BCUT2D eigenvalue weighted by molar-refractivity contribution is 7.99. The van der Waals surface area contributed by atoms with Crippen molar-refractivity contribution in [2.45, 2.75) is 17.3 Å². The molecule has 2 heterocycles. The molecular weight excluding hydrogens is 395 g/mol. The van der Waals surface area contributed by atoms with Gasteiger partial charge in [-0.25, -0.2) is 4.39 Å². The van der Waals surface area contributed by atoms with E-state index in [0.717, 1.165) is 27.8 Å². The molecule has 0 amide bonds. The average molecular weight is 411 g/mol. The van der Waals surface area contributed by atoms with Gasteiger partial charge in [0.25, 0.3) is 0 Å². The van der Waals surface area contributed by atoms with E-state index in [1.165, 1.54) is 12.1 Å². The predicted molar refractivity (Wildman–Crippen MR) is 110 cm³/mol. The van der Waals surface area contributed by atoms with Crippen LogP contribution in [0.2, 0.25) is 5.02 Å². The Balaban J connectivity index is 1.75. The Bertz CT molecular complexity index is 1070. The summed E-state index contributed by atoms with van der Waals surface area (Å²) in [7, 11) is 0. The van der Waals surface area contributed by atoms with Gasteiger partial charge in [0.2, 0.25) is 0 Å². The fraction of sp³-hybridized carbons (Fsp3) is 0.0952. The maximum atomic E-state index is 13.2. The second-order valence-corrected chi connectivity index (χ2v) is 7.91. The molecule has 2 aromatic heterocycles. The highest BCUT2D eigenvalue weighted by atomic mass is 35.5. The van der Waals surface area contributed by atoms with Crippen molar-refractivity contribution < 1.29 is 4.39 Å². The van der Waals surface area contributed by atoms with Crippen LogP contribution in [0.1, 0.15) is 17.7 Å². The van der Waals surface area contributed by atoms with Crippen molar-refractivity contribution >= 4 is 23.4 Å². The minimum atomic E-state index is -0.245. The van der Waals surface area contributed by atoms with Crippen molar-refractivity contribution in [2.75, 3.05) is 0 Å². The summed E-state index contributed by atoms with van der Waals surface area (Å²) in [4.78, 5) is 4.08. The number of thioether (sulfide) groups is 1. The number of aromatic nitrogens is 4. The van der Waals surface area contributed by atoms with Gasteiger partial charge in [0.05, 0.1) is 0 Å². The predicted octanol–water partition coefficient (Wildman–Crippen LogP) is 5.98. The van der Waals surface area contributed by atoms with Gasteiger partial charge in [-0.05, 0) is 61.0 Å². The molecule has 0 fully saturated rings. The fourth-order valence-electron chi connectivity index (χ4n) is 2.82. The van der Waals surface area contributed by atoms with E-state index in [2.05, 4.69) is 22.1 Å².